The van der Waals surface area contributed by atoms with Gasteiger partial charge in [0.15, 0.2) is 5.65 Å². The first-order valence-electron chi connectivity index (χ1n) is 10.7. The molecule has 1 unspecified atom stereocenters. The van der Waals surface area contributed by atoms with Crippen molar-refractivity contribution in [1.29, 1.82) is 0 Å². The number of rotatable bonds is 4. The number of fused-ring (bicyclic) bond motifs is 3. The smallest absolute Gasteiger partial charge is 0.352 e. The Morgan fingerprint density at radius 3 is 2.47 bits per heavy atom. The molecular weight excluding hydrogens is 395 g/mol. The molecule has 2 aromatic rings. The summed E-state index contributed by atoms with van der Waals surface area (Å²) in [6.45, 7) is 1.42. The molecule has 0 radical (unpaired) electrons. The highest BCUT2D eigenvalue weighted by Crippen LogP contribution is 2.43. The van der Waals surface area contributed by atoms with Crippen LogP contribution in [0.25, 0.3) is 11.0 Å². The lowest BCUT2D eigenvalue weighted by Gasteiger charge is -2.36. The van der Waals surface area contributed by atoms with Gasteiger partial charge in [0.25, 0.3) is 0 Å². The average Bonchev–Trinajstić information content (AvgIpc) is 3.44. The molecule has 2 aromatic heterocycles. The lowest BCUT2D eigenvalue weighted by molar-refractivity contribution is -0.136. The first-order valence-corrected chi connectivity index (χ1v) is 10.7. The van der Waals surface area contributed by atoms with Gasteiger partial charge >= 0.3 is 6.18 Å². The number of nitrogens with zero attached hydrogens (tertiary/aromatic N) is 4. The monoisotopic (exact) mass is 421 g/mol. The van der Waals surface area contributed by atoms with E-state index in [1.807, 2.05) is 0 Å². The number of piperidine rings is 1. The van der Waals surface area contributed by atoms with Gasteiger partial charge in [0.2, 0.25) is 5.91 Å². The van der Waals surface area contributed by atoms with E-state index in [0.717, 1.165) is 44.6 Å². The fraction of sp³-hybridized carbons (Fsp3) is 0.667. The number of pyridine rings is 1. The number of aryl methyl sites for hydroxylation is 1. The molecule has 4 heterocycles. The third kappa shape index (κ3) is 3.46. The Kier molecular flexibility index (Phi) is 4.57. The molecular formula is C21H26F3N5O. The minimum absolute atomic E-state index is 0.00274. The van der Waals surface area contributed by atoms with Gasteiger partial charge in [-0.15, -0.1) is 0 Å². The maximum atomic E-state index is 13.7. The molecule has 1 aliphatic carbocycles. The molecule has 3 aliphatic rings. The van der Waals surface area contributed by atoms with Crippen molar-refractivity contribution in [1.82, 2.24) is 25.0 Å². The summed E-state index contributed by atoms with van der Waals surface area (Å²) >= 11 is 0. The molecule has 162 valence electrons. The van der Waals surface area contributed by atoms with Gasteiger partial charge in [-0.2, -0.15) is 18.3 Å². The summed E-state index contributed by atoms with van der Waals surface area (Å²) in [6, 6.07) is 2.26. The molecule has 3 fully saturated rings. The Morgan fingerprint density at radius 2 is 1.87 bits per heavy atom. The minimum Gasteiger partial charge on any atom is -0.352 e. The van der Waals surface area contributed by atoms with E-state index in [0.29, 0.717) is 17.8 Å². The summed E-state index contributed by atoms with van der Waals surface area (Å²) in [6.07, 6.45) is 1.36. The van der Waals surface area contributed by atoms with Crippen molar-refractivity contribution in [2.24, 2.45) is 0 Å². The second-order valence-electron chi connectivity index (χ2n) is 9.09. The first-order chi connectivity index (χ1) is 14.2. The summed E-state index contributed by atoms with van der Waals surface area (Å²) < 4.78 is 42.5. The third-order valence-electron chi connectivity index (χ3n) is 6.95. The van der Waals surface area contributed by atoms with Crippen LogP contribution < -0.4 is 5.32 Å². The zero-order chi connectivity index (χ0) is 21.2. The van der Waals surface area contributed by atoms with Gasteiger partial charge in [0, 0.05) is 29.7 Å². The quantitative estimate of drug-likeness (QED) is 0.822. The van der Waals surface area contributed by atoms with Crippen molar-refractivity contribution in [3.05, 3.63) is 23.0 Å². The van der Waals surface area contributed by atoms with Crippen LogP contribution in [0.15, 0.2) is 6.07 Å². The van der Waals surface area contributed by atoms with Gasteiger partial charge in [0.05, 0.1) is 16.6 Å². The van der Waals surface area contributed by atoms with Crippen molar-refractivity contribution in [3.8, 4) is 0 Å². The van der Waals surface area contributed by atoms with E-state index in [-0.39, 0.29) is 41.1 Å². The topological polar surface area (TPSA) is 63.1 Å². The van der Waals surface area contributed by atoms with E-state index in [1.165, 1.54) is 4.68 Å². The van der Waals surface area contributed by atoms with E-state index >= 15 is 0 Å². The summed E-state index contributed by atoms with van der Waals surface area (Å²) in [4.78, 5) is 19.6. The number of hydrogen-bond donors (Lipinski definition) is 1. The van der Waals surface area contributed by atoms with Crippen LogP contribution in [0.3, 0.4) is 0 Å². The largest absolute Gasteiger partial charge is 0.417 e. The van der Waals surface area contributed by atoms with E-state index in [1.54, 1.807) is 6.92 Å². The highest BCUT2D eigenvalue weighted by molar-refractivity contribution is 5.85. The number of nitrogens with one attached hydrogen (secondary N) is 1. The van der Waals surface area contributed by atoms with Crippen LogP contribution in [0.5, 0.6) is 0 Å². The van der Waals surface area contributed by atoms with Crippen molar-refractivity contribution in [2.45, 2.75) is 82.2 Å². The fourth-order valence-electron chi connectivity index (χ4n) is 5.23. The Morgan fingerprint density at radius 1 is 1.20 bits per heavy atom. The lowest BCUT2D eigenvalue weighted by atomic mass is 9.98. The van der Waals surface area contributed by atoms with Crippen molar-refractivity contribution < 1.29 is 18.0 Å². The molecule has 3 atom stereocenters. The van der Waals surface area contributed by atoms with Crippen LogP contribution in [0.1, 0.15) is 61.4 Å². The molecule has 2 aliphatic heterocycles. The highest BCUT2D eigenvalue weighted by Gasteiger charge is 2.40. The number of amides is 1. The van der Waals surface area contributed by atoms with Crippen molar-refractivity contribution >= 4 is 16.9 Å². The Bertz CT molecular complexity index is 983. The van der Waals surface area contributed by atoms with Crippen LogP contribution in [-0.4, -0.2) is 50.7 Å². The number of hydrogen-bond acceptors (Lipinski definition) is 4. The minimum atomic E-state index is -4.49. The van der Waals surface area contributed by atoms with Crippen LogP contribution in [0.4, 0.5) is 13.2 Å². The first kappa shape index (κ1) is 19.8. The number of carbonyl (C=O) groups is 1. The van der Waals surface area contributed by atoms with Gasteiger partial charge in [-0.3, -0.25) is 4.79 Å². The van der Waals surface area contributed by atoms with E-state index in [2.05, 4.69) is 27.3 Å². The highest BCUT2D eigenvalue weighted by atomic mass is 19.4. The second kappa shape index (κ2) is 6.93. The van der Waals surface area contributed by atoms with Gasteiger partial charge < -0.3 is 10.2 Å². The second-order valence-corrected chi connectivity index (χ2v) is 9.09. The molecule has 9 heteroatoms. The SMILES string of the molecule is Cc1nn(CC(=O)NC2C[C@H]3CC[C@@H](C2)N3C)c2nc(C3CC3)cc(C(F)(F)F)c12. The Hall–Kier alpha value is -2.16. The molecule has 1 N–H and O–H groups in total. The molecule has 30 heavy (non-hydrogen) atoms. The van der Waals surface area contributed by atoms with E-state index < -0.39 is 11.7 Å². The van der Waals surface area contributed by atoms with Gasteiger partial charge in [-0.25, -0.2) is 9.67 Å². The standard InChI is InChI=1S/C21H26F3N5O/c1-11-19-16(21(22,23)24)9-17(12-3-4-12)26-20(19)29(27-11)10-18(30)25-13-7-14-5-6-15(8-13)28(14)2/h9,12-15H,3-8,10H2,1-2H3,(H,25,30)/t13?,14-,15+. The maximum Gasteiger partial charge on any atom is 0.417 e. The van der Waals surface area contributed by atoms with Crippen LogP contribution in [-0.2, 0) is 17.5 Å². The number of aromatic nitrogens is 3. The maximum absolute atomic E-state index is 13.7. The van der Waals surface area contributed by atoms with Gasteiger partial charge in [0.1, 0.15) is 6.54 Å². The predicted molar refractivity (Wildman–Crippen MR) is 105 cm³/mol. The van der Waals surface area contributed by atoms with Gasteiger partial charge in [-0.1, -0.05) is 0 Å². The van der Waals surface area contributed by atoms with Gasteiger partial charge in [-0.05, 0) is 58.6 Å². The predicted octanol–water partition coefficient (Wildman–Crippen LogP) is 3.38. The normalized spacial score (nSPS) is 27.0. The van der Waals surface area contributed by atoms with Crippen LogP contribution >= 0.6 is 0 Å². The summed E-state index contributed by atoms with van der Waals surface area (Å²) in [5.74, 6) is -0.150. The molecule has 2 bridgehead atoms. The van der Waals surface area contributed by atoms with Crippen molar-refractivity contribution in [3.63, 3.8) is 0 Å². The summed E-state index contributed by atoms with van der Waals surface area (Å²) in [5, 5.41) is 7.34. The zero-order valence-electron chi connectivity index (χ0n) is 17.2. The molecule has 0 aromatic carbocycles. The number of halogens is 3. The summed E-state index contributed by atoms with van der Waals surface area (Å²) in [5.41, 5.74) is 0.147. The molecule has 1 saturated carbocycles. The fourth-order valence-corrected chi connectivity index (χ4v) is 5.23. The average molecular weight is 421 g/mol. The Balaban J connectivity index is 1.40. The van der Waals surface area contributed by atoms with E-state index in [4.69, 9.17) is 0 Å². The van der Waals surface area contributed by atoms with Crippen LogP contribution in [0.2, 0.25) is 0 Å². The third-order valence-corrected chi connectivity index (χ3v) is 6.95. The lowest BCUT2D eigenvalue weighted by Crippen LogP contribution is -2.49. The van der Waals surface area contributed by atoms with E-state index in [9.17, 15) is 18.0 Å². The molecule has 2 saturated heterocycles. The van der Waals surface area contributed by atoms with Crippen molar-refractivity contribution in [2.75, 3.05) is 7.05 Å². The Labute approximate surface area is 172 Å². The summed E-state index contributed by atoms with van der Waals surface area (Å²) in [7, 11) is 2.14. The molecule has 5 rings (SSSR count). The zero-order valence-corrected chi connectivity index (χ0v) is 17.2. The molecule has 1 amide bonds. The van der Waals surface area contributed by atoms with Crippen LogP contribution in [0, 0.1) is 6.92 Å². The number of alkyl halides is 3. The molecule has 6 nitrogen and oxygen atoms in total. The molecule has 0 spiro atoms. The number of carbonyl (C=O) groups excluding carboxylic acids is 1.